The predicted molar refractivity (Wildman–Crippen MR) is 50.5 cm³/mol. The summed E-state index contributed by atoms with van der Waals surface area (Å²) >= 11 is 0. The Kier molecular flexibility index (Phi) is 3.89. The number of nitrogens with zero attached hydrogens (tertiary/aromatic N) is 3. The average molecular weight is 183 g/mol. The van der Waals surface area contributed by atoms with Crippen molar-refractivity contribution in [2.45, 2.75) is 39.7 Å². The molecule has 0 aliphatic rings. The van der Waals surface area contributed by atoms with Gasteiger partial charge in [0.1, 0.15) is 5.82 Å². The van der Waals surface area contributed by atoms with Crippen molar-refractivity contribution < 1.29 is 5.11 Å². The number of rotatable bonds is 5. The number of aliphatic hydroxyl groups excluding tert-OH is 1. The fraction of sp³-hybridized carbons (Fsp3) is 0.778. The fourth-order valence-corrected chi connectivity index (χ4v) is 1.24. The first-order valence-corrected chi connectivity index (χ1v) is 4.85. The maximum Gasteiger partial charge on any atom is 0.150 e. The molecule has 1 aromatic rings. The lowest BCUT2D eigenvalue weighted by atomic mass is 10.4. The standard InChI is InChI=1S/C9H17N3O/c1-3-8-10-9(4-2)12(11-8)6-5-7-13/h13H,3-7H2,1-2H3. The Morgan fingerprint density at radius 1 is 1.31 bits per heavy atom. The van der Waals surface area contributed by atoms with E-state index < -0.39 is 0 Å². The van der Waals surface area contributed by atoms with Crippen molar-refractivity contribution in [3.05, 3.63) is 11.6 Å². The molecule has 13 heavy (non-hydrogen) atoms. The Labute approximate surface area is 78.6 Å². The van der Waals surface area contributed by atoms with Crippen molar-refractivity contribution in [3.63, 3.8) is 0 Å². The van der Waals surface area contributed by atoms with Crippen LogP contribution in [0.3, 0.4) is 0 Å². The lowest BCUT2D eigenvalue weighted by Gasteiger charge is -2.01. The van der Waals surface area contributed by atoms with Crippen LogP contribution in [0.2, 0.25) is 0 Å². The van der Waals surface area contributed by atoms with E-state index in [2.05, 4.69) is 17.0 Å². The summed E-state index contributed by atoms with van der Waals surface area (Å²) in [5, 5.41) is 13.0. The zero-order valence-electron chi connectivity index (χ0n) is 8.32. The molecule has 0 fully saturated rings. The van der Waals surface area contributed by atoms with Crippen LogP contribution in [0, 0.1) is 0 Å². The van der Waals surface area contributed by atoms with E-state index >= 15 is 0 Å². The molecule has 0 saturated heterocycles. The molecule has 0 radical (unpaired) electrons. The van der Waals surface area contributed by atoms with Gasteiger partial charge in [-0.2, -0.15) is 5.10 Å². The largest absolute Gasteiger partial charge is 0.396 e. The van der Waals surface area contributed by atoms with Crippen molar-refractivity contribution >= 4 is 0 Å². The minimum atomic E-state index is 0.213. The molecule has 0 amide bonds. The smallest absolute Gasteiger partial charge is 0.150 e. The van der Waals surface area contributed by atoms with E-state index in [4.69, 9.17) is 5.11 Å². The first kappa shape index (κ1) is 10.2. The molecule has 0 aliphatic heterocycles. The summed E-state index contributed by atoms with van der Waals surface area (Å²) in [6.07, 6.45) is 2.52. The first-order chi connectivity index (χ1) is 6.31. The zero-order chi connectivity index (χ0) is 9.68. The second kappa shape index (κ2) is 4.97. The lowest BCUT2D eigenvalue weighted by molar-refractivity contribution is 0.276. The van der Waals surface area contributed by atoms with Crippen molar-refractivity contribution in [1.82, 2.24) is 14.8 Å². The minimum Gasteiger partial charge on any atom is -0.396 e. The molecule has 0 saturated carbocycles. The van der Waals surface area contributed by atoms with E-state index in [1.54, 1.807) is 0 Å². The van der Waals surface area contributed by atoms with Gasteiger partial charge < -0.3 is 5.11 Å². The Bertz CT molecular complexity index is 257. The van der Waals surface area contributed by atoms with Gasteiger partial charge in [-0.3, -0.25) is 0 Å². The van der Waals surface area contributed by atoms with E-state index in [-0.39, 0.29) is 6.61 Å². The van der Waals surface area contributed by atoms with E-state index in [1.165, 1.54) is 0 Å². The molecule has 0 unspecified atom stereocenters. The molecule has 0 spiro atoms. The third kappa shape index (κ3) is 2.52. The molecule has 74 valence electrons. The van der Waals surface area contributed by atoms with Gasteiger partial charge in [0.2, 0.25) is 0 Å². The minimum absolute atomic E-state index is 0.213. The third-order valence-electron chi connectivity index (χ3n) is 1.95. The van der Waals surface area contributed by atoms with Crippen LogP contribution in [-0.4, -0.2) is 26.5 Å². The predicted octanol–water partition coefficient (Wildman–Crippen LogP) is 0.785. The van der Waals surface area contributed by atoms with Crippen LogP contribution in [0.5, 0.6) is 0 Å². The summed E-state index contributed by atoms with van der Waals surface area (Å²) < 4.78 is 1.90. The molecule has 4 nitrogen and oxygen atoms in total. The SMILES string of the molecule is CCc1nc(CC)n(CCCO)n1. The van der Waals surface area contributed by atoms with E-state index in [0.717, 1.165) is 37.5 Å². The quantitative estimate of drug-likeness (QED) is 0.734. The molecule has 1 rings (SSSR count). The summed E-state index contributed by atoms with van der Waals surface area (Å²) in [6.45, 7) is 5.10. The van der Waals surface area contributed by atoms with Gasteiger partial charge in [-0.05, 0) is 6.42 Å². The van der Waals surface area contributed by atoms with Crippen molar-refractivity contribution in [3.8, 4) is 0 Å². The van der Waals surface area contributed by atoms with Gasteiger partial charge in [0.25, 0.3) is 0 Å². The highest BCUT2D eigenvalue weighted by Crippen LogP contribution is 2.01. The Balaban J connectivity index is 2.71. The van der Waals surface area contributed by atoms with E-state index in [9.17, 15) is 0 Å². The summed E-state index contributed by atoms with van der Waals surface area (Å²) in [4.78, 5) is 4.37. The molecule has 0 atom stereocenters. The molecule has 4 heteroatoms. The highest BCUT2D eigenvalue weighted by Gasteiger charge is 2.05. The van der Waals surface area contributed by atoms with E-state index in [1.807, 2.05) is 11.6 Å². The summed E-state index contributed by atoms with van der Waals surface area (Å²) in [5.41, 5.74) is 0. The van der Waals surface area contributed by atoms with Crippen molar-refractivity contribution in [2.75, 3.05) is 6.61 Å². The van der Waals surface area contributed by atoms with Crippen LogP contribution >= 0.6 is 0 Å². The number of hydrogen-bond acceptors (Lipinski definition) is 3. The summed E-state index contributed by atoms with van der Waals surface area (Å²) in [5.74, 6) is 1.92. The lowest BCUT2D eigenvalue weighted by Crippen LogP contribution is -2.06. The Morgan fingerprint density at radius 3 is 2.62 bits per heavy atom. The van der Waals surface area contributed by atoms with Crippen LogP contribution in [0.15, 0.2) is 0 Å². The van der Waals surface area contributed by atoms with Crippen molar-refractivity contribution in [1.29, 1.82) is 0 Å². The number of aryl methyl sites for hydroxylation is 3. The van der Waals surface area contributed by atoms with Crippen LogP contribution in [0.25, 0.3) is 0 Å². The zero-order valence-corrected chi connectivity index (χ0v) is 8.32. The van der Waals surface area contributed by atoms with Gasteiger partial charge in [0.05, 0.1) is 0 Å². The van der Waals surface area contributed by atoms with Gasteiger partial charge in [0, 0.05) is 26.0 Å². The normalized spacial score (nSPS) is 10.7. The van der Waals surface area contributed by atoms with Crippen LogP contribution in [0.1, 0.15) is 31.9 Å². The maximum atomic E-state index is 8.69. The van der Waals surface area contributed by atoms with Gasteiger partial charge in [-0.25, -0.2) is 9.67 Å². The number of aliphatic hydroxyl groups is 1. The summed E-state index contributed by atoms with van der Waals surface area (Å²) in [6, 6.07) is 0. The summed E-state index contributed by atoms with van der Waals surface area (Å²) in [7, 11) is 0. The second-order valence-electron chi connectivity index (χ2n) is 2.95. The second-order valence-corrected chi connectivity index (χ2v) is 2.95. The van der Waals surface area contributed by atoms with Crippen LogP contribution < -0.4 is 0 Å². The molecule has 1 aromatic heterocycles. The van der Waals surface area contributed by atoms with Crippen LogP contribution in [0.4, 0.5) is 0 Å². The molecule has 1 N–H and O–H groups in total. The monoisotopic (exact) mass is 183 g/mol. The van der Waals surface area contributed by atoms with Gasteiger partial charge in [-0.15, -0.1) is 0 Å². The molecular formula is C9H17N3O. The maximum absolute atomic E-state index is 8.69. The topological polar surface area (TPSA) is 50.9 Å². The molecule has 0 aromatic carbocycles. The number of aromatic nitrogens is 3. The van der Waals surface area contributed by atoms with Gasteiger partial charge in [-0.1, -0.05) is 13.8 Å². The van der Waals surface area contributed by atoms with Gasteiger partial charge >= 0.3 is 0 Å². The average Bonchev–Trinajstić information content (AvgIpc) is 2.57. The molecule has 0 aliphatic carbocycles. The highest BCUT2D eigenvalue weighted by atomic mass is 16.3. The Morgan fingerprint density at radius 2 is 2.08 bits per heavy atom. The van der Waals surface area contributed by atoms with Gasteiger partial charge in [0.15, 0.2) is 5.82 Å². The molecule has 1 heterocycles. The highest BCUT2D eigenvalue weighted by molar-refractivity contribution is 4.92. The number of hydrogen-bond donors (Lipinski definition) is 1. The van der Waals surface area contributed by atoms with Crippen molar-refractivity contribution in [2.24, 2.45) is 0 Å². The fourth-order valence-electron chi connectivity index (χ4n) is 1.24. The molecular weight excluding hydrogens is 166 g/mol. The third-order valence-corrected chi connectivity index (χ3v) is 1.95. The van der Waals surface area contributed by atoms with Crippen LogP contribution in [-0.2, 0) is 19.4 Å². The van der Waals surface area contributed by atoms with E-state index in [0.29, 0.717) is 0 Å². The Hall–Kier alpha value is -0.900. The molecule has 0 bridgehead atoms. The first-order valence-electron chi connectivity index (χ1n) is 4.85.